The van der Waals surface area contributed by atoms with E-state index in [1.165, 1.54) is 7.11 Å². The van der Waals surface area contributed by atoms with Gasteiger partial charge in [0.1, 0.15) is 17.8 Å². The van der Waals surface area contributed by atoms with Gasteiger partial charge in [-0.1, -0.05) is 0 Å². The highest BCUT2D eigenvalue weighted by Crippen LogP contribution is 2.38. The van der Waals surface area contributed by atoms with Crippen LogP contribution in [-0.2, 0) is 4.74 Å². The van der Waals surface area contributed by atoms with Gasteiger partial charge >= 0.3 is 5.97 Å². The van der Waals surface area contributed by atoms with E-state index in [1.54, 1.807) is 4.45 Å². The first-order chi connectivity index (χ1) is 9.65. The molecule has 8 nitrogen and oxygen atoms in total. The molecule has 1 unspecified atom stereocenters. The average Bonchev–Trinajstić information content (AvgIpc) is 2.74. The maximum atomic E-state index is 11.7. The average molecular weight is 407 g/mol. The smallest absolute Gasteiger partial charge is 0.376 e. The summed E-state index contributed by atoms with van der Waals surface area (Å²) < 4.78 is 12.0. The number of aromatic nitrogens is 4. The molecule has 20 heavy (non-hydrogen) atoms. The van der Waals surface area contributed by atoms with Gasteiger partial charge in [0.25, 0.3) is 0 Å². The van der Waals surface area contributed by atoms with Gasteiger partial charge in [-0.2, -0.15) is 0 Å². The Bertz CT molecular complexity index is 691. The van der Waals surface area contributed by atoms with Gasteiger partial charge in [0.05, 0.1) is 20.0 Å². The normalized spacial score (nSPS) is 14.7. The number of halogens is 1. The van der Waals surface area contributed by atoms with Crippen molar-refractivity contribution in [3.63, 3.8) is 0 Å². The number of hydrogen-bond donors (Lipinski definition) is 0. The van der Waals surface area contributed by atoms with E-state index in [1.807, 2.05) is 11.9 Å². The number of anilines is 1. The van der Waals surface area contributed by atoms with Crippen LogP contribution in [0.2, 0.25) is 0 Å². The summed E-state index contributed by atoms with van der Waals surface area (Å²) >= 11 is 2.20. The minimum atomic E-state index is -0.562. The maximum Gasteiger partial charge on any atom is 0.376 e. The number of esters is 1. The van der Waals surface area contributed by atoms with Crippen LogP contribution in [0, 0.1) is 0 Å². The molecule has 106 valence electrons. The molecule has 0 radical (unpaired) electrons. The van der Waals surface area contributed by atoms with E-state index in [0.29, 0.717) is 36.9 Å². The van der Waals surface area contributed by atoms with Crippen LogP contribution in [0.3, 0.4) is 0 Å². The van der Waals surface area contributed by atoms with Crippen molar-refractivity contribution in [1.82, 2.24) is 19.5 Å². The van der Waals surface area contributed by atoms with E-state index >= 15 is 0 Å². The molecular weight excluding hydrogens is 396 g/mol. The first-order valence-electron chi connectivity index (χ1n) is 5.75. The summed E-state index contributed by atoms with van der Waals surface area (Å²) in [5, 5.41) is 5.11. The minimum absolute atomic E-state index is 0.0334. The summed E-state index contributed by atoms with van der Waals surface area (Å²) in [5.74, 6) is 0.627. The van der Waals surface area contributed by atoms with Gasteiger partial charge in [-0.15, -0.1) is 5.10 Å². The molecule has 0 saturated carbocycles. The molecule has 2 aromatic heterocycles. The van der Waals surface area contributed by atoms with Gasteiger partial charge in [0.2, 0.25) is 11.7 Å². The quantitative estimate of drug-likeness (QED) is 0.421. The van der Waals surface area contributed by atoms with Crippen LogP contribution in [0.15, 0.2) is 0 Å². The van der Waals surface area contributed by atoms with Gasteiger partial charge in [-0.25, -0.2) is 19.2 Å². The Morgan fingerprint density at radius 3 is 3.00 bits per heavy atom. The van der Waals surface area contributed by atoms with E-state index in [9.17, 15) is 4.79 Å². The number of ether oxygens (including phenoxy) is 2. The first kappa shape index (κ1) is 13.7. The summed E-state index contributed by atoms with van der Waals surface area (Å²) in [7, 11) is 3.20. The number of hydrogen-bond acceptors (Lipinski definition) is 7. The van der Waals surface area contributed by atoms with E-state index < -0.39 is 5.97 Å². The fourth-order valence-corrected chi connectivity index (χ4v) is 3.35. The lowest BCUT2D eigenvalue weighted by atomic mass is 10.3. The fraction of sp³-hybridized carbons (Fsp3) is 0.400. The predicted molar refractivity (Wildman–Crippen MR) is 83.2 cm³/mol. The van der Waals surface area contributed by atoms with Crippen LogP contribution < -0.4 is 9.64 Å². The molecular formula is C10H11IN5O3P. The molecule has 0 aromatic carbocycles. The maximum absolute atomic E-state index is 11.7. The van der Waals surface area contributed by atoms with Crippen LogP contribution in [0.25, 0.3) is 11.0 Å². The summed E-state index contributed by atoms with van der Waals surface area (Å²) in [4.78, 5) is 22.2. The fourth-order valence-electron chi connectivity index (χ4n) is 1.97. The van der Waals surface area contributed by atoms with Crippen LogP contribution in [0.5, 0.6) is 5.88 Å². The van der Waals surface area contributed by atoms with Crippen molar-refractivity contribution in [1.29, 1.82) is 0 Å². The molecule has 10 heteroatoms. The molecule has 0 saturated heterocycles. The summed E-state index contributed by atoms with van der Waals surface area (Å²) in [6.07, 6.45) is 0.347. The second-order valence-corrected chi connectivity index (χ2v) is 6.17. The Kier molecular flexibility index (Phi) is 3.63. The van der Waals surface area contributed by atoms with Crippen LogP contribution >= 0.6 is 28.4 Å². The van der Waals surface area contributed by atoms with Crippen LogP contribution in [0.1, 0.15) is 10.6 Å². The van der Waals surface area contributed by atoms with Gasteiger partial charge in [0, 0.05) is 7.05 Å². The number of carbonyl (C=O) groups is 1. The molecule has 1 atom stereocenters. The molecule has 0 N–H and O–H groups in total. The molecule has 0 amide bonds. The summed E-state index contributed by atoms with van der Waals surface area (Å²) in [5.41, 5.74) is 0.590. The summed E-state index contributed by atoms with van der Waals surface area (Å²) in [6, 6.07) is 0. The lowest BCUT2D eigenvalue weighted by Crippen LogP contribution is -2.24. The predicted octanol–water partition coefficient (Wildman–Crippen LogP) is 1.23. The second kappa shape index (κ2) is 5.28. The van der Waals surface area contributed by atoms with Crippen molar-refractivity contribution in [3.05, 3.63) is 5.82 Å². The van der Waals surface area contributed by atoms with Gasteiger partial charge in [-0.05, 0) is 22.0 Å². The zero-order valence-corrected chi connectivity index (χ0v) is 13.9. The molecule has 0 spiro atoms. The highest BCUT2D eigenvalue weighted by atomic mass is 127. The number of rotatable bonds is 2. The second-order valence-electron chi connectivity index (χ2n) is 4.13. The van der Waals surface area contributed by atoms with E-state index in [4.69, 9.17) is 9.47 Å². The highest BCUT2D eigenvalue weighted by Gasteiger charge is 2.26. The monoisotopic (exact) mass is 407 g/mol. The van der Waals surface area contributed by atoms with Crippen LogP contribution in [0.4, 0.5) is 5.82 Å². The van der Waals surface area contributed by atoms with Crippen molar-refractivity contribution >= 4 is 51.2 Å². The van der Waals surface area contributed by atoms with E-state index in [-0.39, 0.29) is 5.82 Å². The molecule has 2 aromatic rings. The molecule has 0 aliphatic carbocycles. The third kappa shape index (κ3) is 2.08. The SMILES string of the molecule is COC(=O)c1nc2c3c(nn(PI)c3n1)OCCN2C. The van der Waals surface area contributed by atoms with Crippen molar-refractivity contribution in [2.75, 3.05) is 32.2 Å². The zero-order valence-electron chi connectivity index (χ0n) is 10.8. The number of methoxy groups -OCH3 is 1. The lowest BCUT2D eigenvalue weighted by molar-refractivity contribution is 0.0587. The standard InChI is InChI=1S/C10H11IN5O3P/c1-15-3-4-19-9-5-7(15)12-6(10(17)18-2)13-8(5)16(14-9)20-11/h20H,3-4H2,1-2H3. The Morgan fingerprint density at radius 1 is 1.50 bits per heavy atom. The van der Waals surface area contributed by atoms with Gasteiger partial charge in [-0.3, -0.25) is 0 Å². The summed E-state index contributed by atoms with van der Waals surface area (Å²) in [6.45, 7) is 1.17. The van der Waals surface area contributed by atoms with Gasteiger partial charge in [0.15, 0.2) is 5.65 Å². The van der Waals surface area contributed by atoms with Crippen molar-refractivity contribution in [2.45, 2.75) is 0 Å². The van der Waals surface area contributed by atoms with E-state index in [2.05, 4.69) is 37.1 Å². The number of carbonyl (C=O) groups excluding carboxylic acids is 1. The first-order valence-corrected chi connectivity index (χ1v) is 9.81. The Hall–Kier alpha value is -1.22. The molecule has 1 aliphatic rings. The number of likely N-dealkylation sites (N-methyl/N-ethyl adjacent to an activating group) is 1. The van der Waals surface area contributed by atoms with Crippen LogP contribution in [-0.4, -0.2) is 52.8 Å². The Morgan fingerprint density at radius 2 is 2.30 bits per heavy atom. The molecule has 3 heterocycles. The lowest BCUT2D eigenvalue weighted by Gasteiger charge is -2.16. The van der Waals surface area contributed by atoms with Crippen molar-refractivity contribution in [2.24, 2.45) is 0 Å². The highest BCUT2D eigenvalue weighted by molar-refractivity contribution is 14.2. The third-order valence-corrected chi connectivity index (χ3v) is 4.79. The largest absolute Gasteiger partial charge is 0.474 e. The van der Waals surface area contributed by atoms with Gasteiger partial charge < -0.3 is 14.4 Å². The van der Waals surface area contributed by atoms with Crippen molar-refractivity contribution < 1.29 is 14.3 Å². The number of nitrogens with zero attached hydrogens (tertiary/aromatic N) is 5. The Balaban J connectivity index is 2.33. The third-order valence-electron chi connectivity index (χ3n) is 2.95. The minimum Gasteiger partial charge on any atom is -0.474 e. The zero-order chi connectivity index (χ0) is 14.3. The topological polar surface area (TPSA) is 82.4 Å². The molecule has 0 fully saturated rings. The van der Waals surface area contributed by atoms with Crippen molar-refractivity contribution in [3.8, 4) is 5.88 Å². The molecule has 1 aliphatic heterocycles. The van der Waals surface area contributed by atoms with E-state index in [0.717, 1.165) is 5.39 Å². The Labute approximate surface area is 129 Å². The molecule has 3 rings (SSSR count). The molecule has 0 bridgehead atoms.